The molecule has 1 saturated heterocycles. The summed E-state index contributed by atoms with van der Waals surface area (Å²) in [5.41, 5.74) is 7.19. The highest BCUT2D eigenvalue weighted by atomic mass is 16.5. The van der Waals surface area contributed by atoms with Crippen LogP contribution in [0.2, 0.25) is 0 Å². The van der Waals surface area contributed by atoms with E-state index in [-0.39, 0.29) is 11.6 Å². The Morgan fingerprint density at radius 1 is 1.65 bits per heavy atom. The van der Waals surface area contributed by atoms with E-state index in [0.717, 1.165) is 25.0 Å². The molecule has 20 heavy (non-hydrogen) atoms. The molecule has 1 amide bonds. The Balaban J connectivity index is 1.64. The van der Waals surface area contributed by atoms with Gasteiger partial charge in [-0.2, -0.15) is 5.10 Å². The molecule has 2 fully saturated rings. The van der Waals surface area contributed by atoms with Gasteiger partial charge in [-0.25, -0.2) is 0 Å². The number of hydrogen-bond donors (Lipinski definition) is 3. The van der Waals surface area contributed by atoms with Crippen molar-refractivity contribution < 1.29 is 14.3 Å². The summed E-state index contributed by atoms with van der Waals surface area (Å²) in [7, 11) is 1.63. The van der Waals surface area contributed by atoms with E-state index < -0.39 is 5.60 Å². The number of nitrogen functional groups attached to an aromatic ring is 1. The number of aromatic amines is 1. The molecule has 7 nitrogen and oxygen atoms in total. The number of nitrogens with two attached hydrogens (primary N) is 1. The van der Waals surface area contributed by atoms with Crippen LogP contribution in [0.25, 0.3) is 0 Å². The predicted octanol–water partition coefficient (Wildman–Crippen LogP) is 0.405. The number of carbonyl (C=O) groups excluding carboxylic acids is 1. The second kappa shape index (κ2) is 5.06. The molecule has 1 atom stereocenters. The smallest absolute Gasteiger partial charge is 0.274 e. The molecule has 7 heteroatoms. The maximum atomic E-state index is 12.2. The van der Waals surface area contributed by atoms with Crippen molar-refractivity contribution in [2.45, 2.75) is 30.8 Å². The van der Waals surface area contributed by atoms with Crippen molar-refractivity contribution >= 4 is 11.6 Å². The number of hydrogen-bond acceptors (Lipinski definition) is 5. The lowest BCUT2D eigenvalue weighted by atomic mass is 10.0. The summed E-state index contributed by atoms with van der Waals surface area (Å²) in [4.78, 5) is 12.2. The summed E-state index contributed by atoms with van der Waals surface area (Å²) in [5, 5.41) is 9.75. The first-order valence-electron chi connectivity index (χ1n) is 6.90. The first kappa shape index (κ1) is 13.4. The molecule has 0 bridgehead atoms. The average molecular weight is 280 g/mol. The van der Waals surface area contributed by atoms with Crippen LogP contribution in [0.5, 0.6) is 0 Å². The summed E-state index contributed by atoms with van der Waals surface area (Å²) in [6.07, 6.45) is 2.99. The Kier molecular flexibility index (Phi) is 3.39. The highest BCUT2D eigenvalue weighted by Gasteiger charge is 2.36. The Hall–Kier alpha value is -1.60. The van der Waals surface area contributed by atoms with Gasteiger partial charge in [0.25, 0.3) is 5.91 Å². The van der Waals surface area contributed by atoms with Gasteiger partial charge >= 0.3 is 0 Å². The third kappa shape index (κ3) is 2.38. The van der Waals surface area contributed by atoms with Crippen LogP contribution in [0, 0.1) is 0 Å². The SMILES string of the molecule is COC1(CNC(=O)c2n[nH]c(C3CC3)c2N)CCOC1. The average Bonchev–Trinajstić information content (AvgIpc) is 3.06. The molecule has 2 aliphatic rings. The number of amides is 1. The Bertz CT molecular complexity index is 504. The third-order valence-corrected chi connectivity index (χ3v) is 4.11. The van der Waals surface area contributed by atoms with E-state index in [1.807, 2.05) is 0 Å². The van der Waals surface area contributed by atoms with Gasteiger partial charge in [-0.15, -0.1) is 0 Å². The van der Waals surface area contributed by atoms with Crippen LogP contribution in [0.4, 0.5) is 5.69 Å². The number of carbonyl (C=O) groups is 1. The molecule has 1 aromatic heterocycles. The third-order valence-electron chi connectivity index (χ3n) is 4.11. The van der Waals surface area contributed by atoms with Crippen molar-refractivity contribution in [1.29, 1.82) is 0 Å². The number of ether oxygens (including phenoxy) is 2. The van der Waals surface area contributed by atoms with Gasteiger partial charge < -0.3 is 20.5 Å². The number of nitrogens with zero attached hydrogens (tertiary/aromatic N) is 1. The van der Waals surface area contributed by atoms with Gasteiger partial charge in [0.1, 0.15) is 5.60 Å². The van der Waals surface area contributed by atoms with Crippen LogP contribution in [-0.4, -0.2) is 48.6 Å². The van der Waals surface area contributed by atoms with Crippen LogP contribution >= 0.6 is 0 Å². The van der Waals surface area contributed by atoms with Crippen LogP contribution in [0.15, 0.2) is 0 Å². The zero-order chi connectivity index (χ0) is 14.2. The van der Waals surface area contributed by atoms with E-state index in [1.165, 1.54) is 0 Å². The molecule has 4 N–H and O–H groups in total. The van der Waals surface area contributed by atoms with Crippen LogP contribution in [-0.2, 0) is 9.47 Å². The highest BCUT2D eigenvalue weighted by Crippen LogP contribution is 2.42. The highest BCUT2D eigenvalue weighted by molar-refractivity contribution is 5.97. The van der Waals surface area contributed by atoms with E-state index >= 15 is 0 Å². The molecule has 1 unspecified atom stereocenters. The Morgan fingerprint density at radius 2 is 2.45 bits per heavy atom. The number of nitrogens with one attached hydrogen (secondary N) is 2. The normalized spacial score (nSPS) is 25.9. The van der Waals surface area contributed by atoms with E-state index in [1.54, 1.807) is 7.11 Å². The van der Waals surface area contributed by atoms with Crippen LogP contribution < -0.4 is 11.1 Å². The van der Waals surface area contributed by atoms with Crippen molar-refractivity contribution in [3.63, 3.8) is 0 Å². The van der Waals surface area contributed by atoms with Crippen molar-refractivity contribution in [2.24, 2.45) is 0 Å². The maximum Gasteiger partial charge on any atom is 0.274 e. The number of rotatable bonds is 5. The second-order valence-corrected chi connectivity index (χ2v) is 5.55. The minimum atomic E-state index is -0.431. The molecule has 110 valence electrons. The van der Waals surface area contributed by atoms with Gasteiger partial charge in [0.2, 0.25) is 0 Å². The van der Waals surface area contributed by atoms with Gasteiger partial charge in [0, 0.05) is 32.6 Å². The van der Waals surface area contributed by atoms with Gasteiger partial charge in [-0.05, 0) is 12.8 Å². The molecular weight excluding hydrogens is 260 g/mol. The number of anilines is 1. The fourth-order valence-electron chi connectivity index (χ4n) is 2.51. The van der Waals surface area contributed by atoms with Gasteiger partial charge in [-0.3, -0.25) is 9.89 Å². The quantitative estimate of drug-likeness (QED) is 0.724. The summed E-state index contributed by atoms with van der Waals surface area (Å²) < 4.78 is 10.8. The molecule has 2 heterocycles. The topological polar surface area (TPSA) is 102 Å². The fourth-order valence-corrected chi connectivity index (χ4v) is 2.51. The van der Waals surface area contributed by atoms with E-state index in [2.05, 4.69) is 15.5 Å². The number of methoxy groups -OCH3 is 1. The molecule has 1 aliphatic heterocycles. The van der Waals surface area contributed by atoms with Crippen LogP contribution in [0.1, 0.15) is 41.4 Å². The molecule has 0 spiro atoms. The Labute approximate surface area is 117 Å². The molecular formula is C13H20N4O3. The molecule has 0 aromatic carbocycles. The first-order valence-corrected chi connectivity index (χ1v) is 6.90. The second-order valence-electron chi connectivity index (χ2n) is 5.55. The zero-order valence-corrected chi connectivity index (χ0v) is 11.6. The molecule has 1 aromatic rings. The van der Waals surface area contributed by atoms with E-state index in [9.17, 15) is 4.79 Å². The van der Waals surface area contributed by atoms with Gasteiger partial charge in [0.15, 0.2) is 5.69 Å². The van der Waals surface area contributed by atoms with E-state index in [0.29, 0.717) is 31.4 Å². The minimum absolute atomic E-state index is 0.269. The van der Waals surface area contributed by atoms with E-state index in [4.69, 9.17) is 15.2 Å². The van der Waals surface area contributed by atoms with Gasteiger partial charge in [-0.1, -0.05) is 0 Å². The largest absolute Gasteiger partial charge is 0.395 e. The fraction of sp³-hybridized carbons (Fsp3) is 0.692. The lowest BCUT2D eigenvalue weighted by Crippen LogP contribution is -2.45. The van der Waals surface area contributed by atoms with Crippen molar-refractivity contribution in [3.05, 3.63) is 11.4 Å². The monoisotopic (exact) mass is 280 g/mol. The molecule has 1 saturated carbocycles. The molecule has 1 aliphatic carbocycles. The number of H-pyrrole nitrogens is 1. The predicted molar refractivity (Wildman–Crippen MR) is 72.5 cm³/mol. The van der Waals surface area contributed by atoms with Gasteiger partial charge in [0.05, 0.1) is 18.0 Å². The van der Waals surface area contributed by atoms with Crippen molar-refractivity contribution in [3.8, 4) is 0 Å². The summed E-state index contributed by atoms with van der Waals surface area (Å²) >= 11 is 0. The molecule has 0 radical (unpaired) electrons. The number of aromatic nitrogens is 2. The Morgan fingerprint density at radius 3 is 3.05 bits per heavy atom. The molecule has 3 rings (SSSR count). The zero-order valence-electron chi connectivity index (χ0n) is 11.6. The first-order chi connectivity index (χ1) is 9.65. The minimum Gasteiger partial charge on any atom is -0.395 e. The van der Waals surface area contributed by atoms with Crippen LogP contribution in [0.3, 0.4) is 0 Å². The summed E-state index contributed by atoms with van der Waals surface area (Å²) in [5.74, 6) is 0.173. The summed E-state index contributed by atoms with van der Waals surface area (Å²) in [6, 6.07) is 0. The lowest BCUT2D eigenvalue weighted by molar-refractivity contribution is -0.0149. The lowest BCUT2D eigenvalue weighted by Gasteiger charge is -2.25. The van der Waals surface area contributed by atoms with Crippen molar-refractivity contribution in [2.75, 3.05) is 32.6 Å². The maximum absolute atomic E-state index is 12.2. The standard InChI is InChI=1S/C13H20N4O3/c1-19-13(4-5-20-7-13)6-15-12(18)11-9(14)10(16-17-11)8-2-3-8/h8H,2-7,14H2,1H3,(H,15,18)(H,16,17). The van der Waals surface area contributed by atoms with Crippen molar-refractivity contribution in [1.82, 2.24) is 15.5 Å². The summed E-state index contributed by atoms with van der Waals surface area (Å²) in [6.45, 7) is 1.54.